The second kappa shape index (κ2) is 3.43. The van der Waals surface area contributed by atoms with Crippen LogP contribution in [0.2, 0.25) is 0 Å². The van der Waals surface area contributed by atoms with Crippen LogP contribution in [0, 0.1) is 0 Å². The minimum atomic E-state index is 0.369. The van der Waals surface area contributed by atoms with Gasteiger partial charge in [0.1, 0.15) is 5.82 Å². The molecular weight excluding hydrogens is 190 g/mol. The molecule has 5 nitrogen and oxygen atoms in total. The van der Waals surface area contributed by atoms with Gasteiger partial charge in [-0.05, 0) is 0 Å². The molecule has 0 radical (unpaired) electrons. The lowest BCUT2D eigenvalue weighted by atomic mass is 10.1. The van der Waals surface area contributed by atoms with E-state index in [2.05, 4.69) is 19.8 Å². The van der Waals surface area contributed by atoms with Crippen molar-refractivity contribution in [3.05, 3.63) is 18.2 Å². The van der Waals surface area contributed by atoms with E-state index in [1.807, 2.05) is 0 Å². The molecule has 4 heterocycles. The van der Waals surface area contributed by atoms with Gasteiger partial charge in [-0.25, -0.2) is 9.97 Å². The predicted molar refractivity (Wildman–Crippen MR) is 57.2 cm³/mol. The van der Waals surface area contributed by atoms with Crippen molar-refractivity contribution in [2.75, 3.05) is 38.5 Å². The summed E-state index contributed by atoms with van der Waals surface area (Å²) in [5.74, 6) is 0.911. The Morgan fingerprint density at radius 1 is 1.13 bits per heavy atom. The summed E-state index contributed by atoms with van der Waals surface area (Å²) < 4.78 is 0. The number of nitrogen functional groups attached to an aromatic ring is 1. The number of nitrogens with zero attached hydrogens (tertiary/aromatic N) is 4. The first-order valence-corrected chi connectivity index (χ1v) is 5.37. The topological polar surface area (TPSA) is 58.3 Å². The molecular formula is C10H15N5. The van der Waals surface area contributed by atoms with Crippen LogP contribution < -0.4 is 5.73 Å². The van der Waals surface area contributed by atoms with E-state index in [0.29, 0.717) is 11.7 Å². The van der Waals surface area contributed by atoms with Crippen molar-refractivity contribution in [2.24, 2.45) is 0 Å². The molecule has 4 rings (SSSR count). The second-order valence-electron chi connectivity index (χ2n) is 4.23. The fourth-order valence-electron chi connectivity index (χ4n) is 2.38. The van der Waals surface area contributed by atoms with Gasteiger partial charge in [-0.1, -0.05) is 0 Å². The van der Waals surface area contributed by atoms with Crippen LogP contribution in [0.15, 0.2) is 12.4 Å². The predicted octanol–water partition coefficient (Wildman–Crippen LogP) is -0.269. The van der Waals surface area contributed by atoms with E-state index in [1.165, 1.54) is 13.1 Å². The minimum Gasteiger partial charge on any atom is -0.396 e. The number of rotatable bonds is 1. The van der Waals surface area contributed by atoms with Gasteiger partial charge in [0.2, 0.25) is 0 Å². The molecule has 0 amide bonds. The Morgan fingerprint density at radius 3 is 2.33 bits per heavy atom. The first-order valence-electron chi connectivity index (χ1n) is 5.37. The van der Waals surface area contributed by atoms with Crippen molar-refractivity contribution in [3.8, 4) is 0 Å². The van der Waals surface area contributed by atoms with Gasteiger partial charge in [-0.2, -0.15) is 0 Å². The maximum Gasteiger partial charge on any atom is 0.146 e. The number of nitrogens with two attached hydrogens (primary N) is 1. The molecule has 80 valence electrons. The summed E-state index contributed by atoms with van der Waals surface area (Å²) >= 11 is 0. The Hall–Kier alpha value is -1.20. The van der Waals surface area contributed by atoms with Crippen molar-refractivity contribution in [1.29, 1.82) is 0 Å². The van der Waals surface area contributed by atoms with Crippen LogP contribution >= 0.6 is 0 Å². The molecule has 3 fully saturated rings. The van der Waals surface area contributed by atoms with Crippen LogP contribution in [0.25, 0.3) is 0 Å². The van der Waals surface area contributed by atoms with Crippen molar-refractivity contribution in [3.63, 3.8) is 0 Å². The number of hydrogen-bond donors (Lipinski definition) is 1. The number of fused-ring (bicyclic) bond motifs is 3. The number of hydrogen-bond acceptors (Lipinski definition) is 5. The third-order valence-electron chi connectivity index (χ3n) is 3.27. The van der Waals surface area contributed by atoms with Crippen LogP contribution in [0.5, 0.6) is 0 Å². The van der Waals surface area contributed by atoms with Crippen LogP contribution in [0.1, 0.15) is 11.9 Å². The van der Waals surface area contributed by atoms with E-state index in [9.17, 15) is 0 Å². The second-order valence-corrected chi connectivity index (χ2v) is 4.23. The van der Waals surface area contributed by atoms with Crippen LogP contribution in [-0.2, 0) is 0 Å². The molecule has 3 aliphatic heterocycles. The van der Waals surface area contributed by atoms with Gasteiger partial charge < -0.3 is 5.73 Å². The lowest BCUT2D eigenvalue weighted by Crippen LogP contribution is -2.57. The number of piperazine rings is 3. The maximum absolute atomic E-state index is 5.58. The van der Waals surface area contributed by atoms with Gasteiger partial charge in [0, 0.05) is 32.7 Å². The maximum atomic E-state index is 5.58. The first kappa shape index (κ1) is 9.06. The lowest BCUT2D eigenvalue weighted by molar-refractivity contribution is 0.00865. The Labute approximate surface area is 88.9 Å². The molecule has 0 saturated carbocycles. The molecule has 1 atom stereocenters. The summed E-state index contributed by atoms with van der Waals surface area (Å²) in [7, 11) is 0. The molecule has 3 saturated heterocycles. The van der Waals surface area contributed by atoms with Gasteiger partial charge in [-0.15, -0.1) is 0 Å². The summed E-state index contributed by atoms with van der Waals surface area (Å²) in [4.78, 5) is 13.6. The quantitative estimate of drug-likeness (QED) is 0.684. The van der Waals surface area contributed by atoms with Crippen molar-refractivity contribution >= 4 is 5.69 Å². The standard InChI is InChI=1S/C10H15N5/c11-8-5-12-10(13-6-8)9-7-14-1-3-15(9)4-2-14/h5-6,9H,1-4,7,11H2. The van der Waals surface area contributed by atoms with Crippen molar-refractivity contribution in [2.45, 2.75) is 6.04 Å². The molecule has 1 unspecified atom stereocenters. The SMILES string of the molecule is Nc1cnc(C2CN3CCN2CC3)nc1. The Bertz CT molecular complexity index is 341. The minimum absolute atomic E-state index is 0.369. The monoisotopic (exact) mass is 205 g/mol. The summed E-state index contributed by atoms with van der Waals surface area (Å²) in [6, 6.07) is 0.369. The largest absolute Gasteiger partial charge is 0.396 e. The Balaban J connectivity index is 1.85. The fourth-order valence-corrected chi connectivity index (χ4v) is 2.38. The number of aromatic nitrogens is 2. The molecule has 2 bridgehead atoms. The first-order chi connectivity index (χ1) is 7.33. The molecule has 15 heavy (non-hydrogen) atoms. The molecule has 3 aliphatic rings. The zero-order valence-electron chi connectivity index (χ0n) is 8.63. The van der Waals surface area contributed by atoms with Crippen LogP contribution in [0.4, 0.5) is 5.69 Å². The lowest BCUT2D eigenvalue weighted by Gasteiger charge is -2.46. The third kappa shape index (κ3) is 1.57. The molecule has 1 aromatic heterocycles. The molecule has 2 N–H and O–H groups in total. The average Bonchev–Trinajstić information content (AvgIpc) is 2.31. The normalized spacial score (nSPS) is 34.3. The van der Waals surface area contributed by atoms with Gasteiger partial charge in [-0.3, -0.25) is 9.80 Å². The summed E-state index contributed by atoms with van der Waals surface area (Å²) in [5, 5.41) is 0. The fraction of sp³-hybridized carbons (Fsp3) is 0.600. The van der Waals surface area contributed by atoms with E-state index in [-0.39, 0.29) is 0 Å². The zero-order valence-corrected chi connectivity index (χ0v) is 8.63. The summed E-state index contributed by atoms with van der Waals surface area (Å²) in [5.41, 5.74) is 6.22. The van der Waals surface area contributed by atoms with E-state index < -0.39 is 0 Å². The third-order valence-corrected chi connectivity index (χ3v) is 3.27. The molecule has 0 spiro atoms. The molecule has 0 aliphatic carbocycles. The Kier molecular flexibility index (Phi) is 2.07. The van der Waals surface area contributed by atoms with Crippen LogP contribution in [0.3, 0.4) is 0 Å². The highest BCUT2D eigenvalue weighted by molar-refractivity contribution is 5.30. The van der Waals surface area contributed by atoms with Crippen LogP contribution in [-0.4, -0.2) is 52.5 Å². The van der Waals surface area contributed by atoms with Crippen molar-refractivity contribution in [1.82, 2.24) is 19.8 Å². The van der Waals surface area contributed by atoms with Gasteiger partial charge in [0.15, 0.2) is 0 Å². The summed E-state index contributed by atoms with van der Waals surface area (Å²) in [6.45, 7) is 5.71. The van der Waals surface area contributed by atoms with Gasteiger partial charge in [0.05, 0.1) is 24.1 Å². The highest BCUT2D eigenvalue weighted by Gasteiger charge is 2.34. The van der Waals surface area contributed by atoms with Crippen molar-refractivity contribution < 1.29 is 0 Å². The molecule has 1 aromatic rings. The Morgan fingerprint density at radius 2 is 1.80 bits per heavy atom. The molecule has 0 aromatic carbocycles. The highest BCUT2D eigenvalue weighted by atomic mass is 15.4. The van der Waals surface area contributed by atoms with Gasteiger partial charge in [0.25, 0.3) is 0 Å². The average molecular weight is 205 g/mol. The molecule has 5 heteroatoms. The van der Waals surface area contributed by atoms with E-state index in [1.54, 1.807) is 12.4 Å². The van der Waals surface area contributed by atoms with E-state index in [0.717, 1.165) is 25.5 Å². The zero-order chi connectivity index (χ0) is 10.3. The summed E-state index contributed by atoms with van der Waals surface area (Å²) in [6.07, 6.45) is 3.39. The highest BCUT2D eigenvalue weighted by Crippen LogP contribution is 2.26. The number of anilines is 1. The van der Waals surface area contributed by atoms with E-state index >= 15 is 0 Å². The smallest absolute Gasteiger partial charge is 0.146 e. The van der Waals surface area contributed by atoms with Gasteiger partial charge >= 0.3 is 0 Å². The van der Waals surface area contributed by atoms with E-state index in [4.69, 9.17) is 5.73 Å².